The number of hydrogen-bond acceptors (Lipinski definition) is 4. The predicted octanol–water partition coefficient (Wildman–Crippen LogP) is 3.14. The largest absolute Gasteiger partial charge is 0.326 e. The minimum atomic E-state index is -0.404. The monoisotopic (exact) mass is 386 g/mol. The van der Waals surface area contributed by atoms with Gasteiger partial charge in [-0.05, 0) is 41.0 Å². The highest BCUT2D eigenvalue weighted by Crippen LogP contribution is 2.30. The zero-order valence-corrected chi connectivity index (χ0v) is 15.2. The highest BCUT2D eigenvalue weighted by atomic mass is 19.1. The van der Waals surface area contributed by atoms with Gasteiger partial charge in [-0.1, -0.05) is 18.2 Å². The quantitative estimate of drug-likeness (QED) is 0.587. The molecule has 0 saturated heterocycles. The molecule has 2 aromatic heterocycles. The van der Waals surface area contributed by atoms with Crippen LogP contribution in [0.5, 0.6) is 0 Å². The standard InChI is InChI=1S/C22H15FN4O2/c23-18-8-14(13-3-4-19-16(7-13)9-21(28)26-19)1-2-15(18)11-27-12-25-20-10-24-6-5-17(20)22(27)29/h1-8,10,12H,9,11H2,(H,26,28). The topological polar surface area (TPSA) is 76.9 Å². The lowest BCUT2D eigenvalue weighted by atomic mass is 10.00. The van der Waals surface area contributed by atoms with Crippen molar-refractivity contribution in [3.8, 4) is 11.1 Å². The summed E-state index contributed by atoms with van der Waals surface area (Å²) in [4.78, 5) is 32.3. The molecule has 0 saturated carbocycles. The number of rotatable bonds is 3. The van der Waals surface area contributed by atoms with E-state index in [-0.39, 0.29) is 18.0 Å². The van der Waals surface area contributed by atoms with Gasteiger partial charge in [-0.15, -0.1) is 0 Å². The van der Waals surface area contributed by atoms with E-state index in [2.05, 4.69) is 15.3 Å². The molecular formula is C22H15FN4O2. The second-order valence-electron chi connectivity index (χ2n) is 6.97. The van der Waals surface area contributed by atoms with Gasteiger partial charge in [0.1, 0.15) is 5.82 Å². The van der Waals surface area contributed by atoms with Crippen LogP contribution in [0.4, 0.5) is 10.1 Å². The maximum absolute atomic E-state index is 14.8. The number of nitrogens with one attached hydrogen (secondary N) is 1. The average Bonchev–Trinajstić information content (AvgIpc) is 3.10. The molecular weight excluding hydrogens is 371 g/mol. The van der Waals surface area contributed by atoms with Crippen molar-refractivity contribution >= 4 is 22.5 Å². The number of halogens is 1. The summed E-state index contributed by atoms with van der Waals surface area (Å²) in [7, 11) is 0. The number of carbonyl (C=O) groups excluding carboxylic acids is 1. The number of carbonyl (C=O) groups is 1. The fraction of sp³-hybridized carbons (Fsp3) is 0.0909. The molecule has 0 bridgehead atoms. The van der Waals surface area contributed by atoms with Crippen molar-refractivity contribution < 1.29 is 9.18 Å². The molecule has 0 spiro atoms. The number of aromatic nitrogens is 3. The highest BCUT2D eigenvalue weighted by Gasteiger charge is 2.18. The third kappa shape index (κ3) is 3.06. The van der Waals surface area contributed by atoms with Gasteiger partial charge in [-0.2, -0.15) is 0 Å². The molecule has 142 valence electrons. The Labute approximate surface area is 164 Å². The third-order valence-corrected chi connectivity index (χ3v) is 5.08. The van der Waals surface area contributed by atoms with E-state index in [4.69, 9.17) is 0 Å². The molecule has 0 aliphatic carbocycles. The molecule has 1 aliphatic rings. The summed E-state index contributed by atoms with van der Waals surface area (Å²) < 4.78 is 16.2. The number of hydrogen-bond donors (Lipinski definition) is 1. The zero-order chi connectivity index (χ0) is 20.0. The number of fused-ring (bicyclic) bond motifs is 2. The Morgan fingerprint density at radius 2 is 1.90 bits per heavy atom. The second kappa shape index (κ2) is 6.63. The average molecular weight is 386 g/mol. The van der Waals surface area contributed by atoms with Gasteiger partial charge in [0.25, 0.3) is 5.56 Å². The van der Waals surface area contributed by atoms with Gasteiger partial charge in [0, 0.05) is 17.4 Å². The summed E-state index contributed by atoms with van der Waals surface area (Å²) in [6.07, 6.45) is 4.79. The second-order valence-corrected chi connectivity index (χ2v) is 6.97. The Balaban J connectivity index is 1.47. The van der Waals surface area contributed by atoms with Gasteiger partial charge < -0.3 is 5.32 Å². The molecule has 0 atom stereocenters. The zero-order valence-electron chi connectivity index (χ0n) is 15.2. The SMILES string of the molecule is O=C1Cc2cc(-c3ccc(Cn4cnc5cnccc5c4=O)c(F)c3)ccc2N1. The summed E-state index contributed by atoms with van der Waals surface area (Å²) in [5.74, 6) is -0.442. The maximum Gasteiger partial charge on any atom is 0.261 e. The molecule has 1 aliphatic heterocycles. The fourth-order valence-corrected chi connectivity index (χ4v) is 3.57. The van der Waals surface area contributed by atoms with E-state index >= 15 is 0 Å². The van der Waals surface area contributed by atoms with Crippen LogP contribution in [0, 0.1) is 5.82 Å². The van der Waals surface area contributed by atoms with Crippen molar-refractivity contribution in [3.63, 3.8) is 0 Å². The van der Waals surface area contributed by atoms with E-state index in [1.165, 1.54) is 29.4 Å². The van der Waals surface area contributed by atoms with Crippen LogP contribution in [0.25, 0.3) is 22.0 Å². The van der Waals surface area contributed by atoms with Gasteiger partial charge >= 0.3 is 0 Å². The number of nitrogens with zero attached hydrogens (tertiary/aromatic N) is 3. The van der Waals surface area contributed by atoms with E-state index in [1.54, 1.807) is 12.1 Å². The van der Waals surface area contributed by atoms with Crippen LogP contribution in [-0.2, 0) is 17.8 Å². The molecule has 29 heavy (non-hydrogen) atoms. The minimum absolute atomic E-state index is 0.0381. The molecule has 4 aromatic rings. The minimum Gasteiger partial charge on any atom is -0.326 e. The van der Waals surface area contributed by atoms with Gasteiger partial charge in [0.2, 0.25) is 5.91 Å². The number of benzene rings is 2. The first-order valence-corrected chi connectivity index (χ1v) is 9.09. The van der Waals surface area contributed by atoms with E-state index in [9.17, 15) is 14.0 Å². The third-order valence-electron chi connectivity index (χ3n) is 5.08. The molecule has 0 fully saturated rings. The van der Waals surface area contributed by atoms with E-state index in [0.29, 0.717) is 28.5 Å². The van der Waals surface area contributed by atoms with Crippen LogP contribution in [0.15, 0.2) is 66.0 Å². The predicted molar refractivity (Wildman–Crippen MR) is 107 cm³/mol. The van der Waals surface area contributed by atoms with E-state index in [0.717, 1.165) is 16.8 Å². The van der Waals surface area contributed by atoms with E-state index in [1.807, 2.05) is 24.3 Å². The lowest BCUT2D eigenvalue weighted by Gasteiger charge is -2.10. The van der Waals surface area contributed by atoms with Crippen LogP contribution in [0.1, 0.15) is 11.1 Å². The summed E-state index contributed by atoms with van der Waals surface area (Å²) >= 11 is 0. The molecule has 5 rings (SSSR count). The summed E-state index contributed by atoms with van der Waals surface area (Å²) in [5.41, 5.74) is 3.91. The smallest absolute Gasteiger partial charge is 0.261 e. The first-order valence-electron chi connectivity index (χ1n) is 9.09. The van der Waals surface area contributed by atoms with Gasteiger partial charge in [-0.25, -0.2) is 9.37 Å². The van der Waals surface area contributed by atoms with Crippen molar-refractivity contribution in [2.75, 3.05) is 5.32 Å². The normalized spacial score (nSPS) is 12.8. The number of pyridine rings is 1. The van der Waals surface area contributed by atoms with Crippen LogP contribution in [-0.4, -0.2) is 20.4 Å². The van der Waals surface area contributed by atoms with Gasteiger partial charge in [0.15, 0.2) is 0 Å². The Kier molecular flexibility index (Phi) is 3.94. The lowest BCUT2D eigenvalue weighted by molar-refractivity contribution is -0.115. The highest BCUT2D eigenvalue weighted by molar-refractivity contribution is 5.99. The number of amides is 1. The molecule has 1 amide bonds. The lowest BCUT2D eigenvalue weighted by Crippen LogP contribution is -2.21. The van der Waals surface area contributed by atoms with Crippen LogP contribution >= 0.6 is 0 Å². The molecule has 0 unspecified atom stereocenters. The van der Waals surface area contributed by atoms with Gasteiger partial charge in [0.05, 0.1) is 36.4 Å². The molecule has 1 N–H and O–H groups in total. The molecule has 3 heterocycles. The van der Waals surface area contributed by atoms with Crippen LogP contribution < -0.4 is 10.9 Å². The van der Waals surface area contributed by atoms with Crippen molar-refractivity contribution in [2.45, 2.75) is 13.0 Å². The Morgan fingerprint density at radius 3 is 2.76 bits per heavy atom. The van der Waals surface area contributed by atoms with E-state index < -0.39 is 5.82 Å². The van der Waals surface area contributed by atoms with Crippen molar-refractivity contribution in [3.05, 3.63) is 88.5 Å². The molecule has 7 heteroatoms. The number of anilines is 1. The van der Waals surface area contributed by atoms with Crippen molar-refractivity contribution in [2.24, 2.45) is 0 Å². The summed E-state index contributed by atoms with van der Waals surface area (Å²) in [6.45, 7) is 0.0822. The van der Waals surface area contributed by atoms with Crippen molar-refractivity contribution in [1.82, 2.24) is 14.5 Å². The first-order chi connectivity index (χ1) is 14.1. The van der Waals surface area contributed by atoms with Crippen LogP contribution in [0.3, 0.4) is 0 Å². The van der Waals surface area contributed by atoms with Crippen molar-refractivity contribution in [1.29, 1.82) is 0 Å². The summed E-state index contributed by atoms with van der Waals surface area (Å²) in [5, 5.41) is 3.23. The molecule has 0 radical (unpaired) electrons. The Hall–Kier alpha value is -3.87. The fourth-order valence-electron chi connectivity index (χ4n) is 3.57. The van der Waals surface area contributed by atoms with Gasteiger partial charge in [-0.3, -0.25) is 19.1 Å². The Morgan fingerprint density at radius 1 is 1.07 bits per heavy atom. The summed E-state index contributed by atoms with van der Waals surface area (Å²) in [6, 6.07) is 12.1. The first kappa shape index (κ1) is 17.2. The molecule has 6 nitrogen and oxygen atoms in total. The maximum atomic E-state index is 14.8. The van der Waals surface area contributed by atoms with Crippen LogP contribution in [0.2, 0.25) is 0 Å². The molecule has 2 aromatic carbocycles. The Bertz CT molecular complexity index is 1350.